The van der Waals surface area contributed by atoms with E-state index < -0.39 is 23.8 Å². The lowest BCUT2D eigenvalue weighted by molar-refractivity contribution is -0.141. The monoisotopic (exact) mass is 394 g/mol. The van der Waals surface area contributed by atoms with Crippen LogP contribution in [0.4, 0.5) is 19.0 Å². The first-order chi connectivity index (χ1) is 13.1. The van der Waals surface area contributed by atoms with Crippen molar-refractivity contribution < 1.29 is 23.1 Å². The predicted octanol–water partition coefficient (Wildman–Crippen LogP) is 2.49. The Hall–Kier alpha value is -2.68. The van der Waals surface area contributed by atoms with Gasteiger partial charge in [-0.25, -0.2) is 9.97 Å². The number of aliphatic hydroxyl groups is 1. The van der Waals surface area contributed by atoms with Crippen LogP contribution in [-0.2, 0) is 23.9 Å². The van der Waals surface area contributed by atoms with Gasteiger partial charge in [0.25, 0.3) is 5.91 Å². The fourth-order valence-electron chi connectivity index (χ4n) is 3.26. The average molecular weight is 394 g/mol. The van der Waals surface area contributed by atoms with Crippen molar-refractivity contribution in [2.24, 2.45) is 0 Å². The first-order valence-corrected chi connectivity index (χ1v) is 8.75. The molecular formula is C19H21F3N4O2. The number of benzene rings is 1. The van der Waals surface area contributed by atoms with Gasteiger partial charge in [0.1, 0.15) is 11.6 Å². The SMILES string of the molecule is Cc1nc2c(c(N(C)C)n1)CCN(C(=O)[C@H](O)c1ccc(C(F)(F)F)cc1)C2. The zero-order valence-corrected chi connectivity index (χ0v) is 15.8. The van der Waals surface area contributed by atoms with Crippen molar-refractivity contribution in [1.29, 1.82) is 0 Å². The quantitative estimate of drug-likeness (QED) is 0.866. The van der Waals surface area contributed by atoms with Gasteiger partial charge in [0, 0.05) is 26.2 Å². The minimum absolute atomic E-state index is 0.122. The van der Waals surface area contributed by atoms with Gasteiger partial charge in [0.2, 0.25) is 0 Å². The molecule has 3 rings (SSSR count). The fraction of sp³-hybridized carbons (Fsp3) is 0.421. The van der Waals surface area contributed by atoms with E-state index >= 15 is 0 Å². The molecule has 9 heteroatoms. The average Bonchev–Trinajstić information content (AvgIpc) is 2.64. The molecule has 1 aliphatic rings. The minimum Gasteiger partial charge on any atom is -0.378 e. The summed E-state index contributed by atoms with van der Waals surface area (Å²) in [5, 5.41) is 10.4. The lowest BCUT2D eigenvalue weighted by Gasteiger charge is -2.31. The molecule has 1 aliphatic heterocycles. The van der Waals surface area contributed by atoms with E-state index in [9.17, 15) is 23.1 Å². The van der Waals surface area contributed by atoms with Crippen molar-refractivity contribution in [3.8, 4) is 0 Å². The van der Waals surface area contributed by atoms with Crippen LogP contribution in [0.2, 0.25) is 0 Å². The van der Waals surface area contributed by atoms with E-state index in [-0.39, 0.29) is 12.1 Å². The maximum Gasteiger partial charge on any atom is 0.416 e. The van der Waals surface area contributed by atoms with Crippen LogP contribution in [0.25, 0.3) is 0 Å². The van der Waals surface area contributed by atoms with Crippen LogP contribution in [0.15, 0.2) is 24.3 Å². The van der Waals surface area contributed by atoms with E-state index in [4.69, 9.17) is 0 Å². The number of alkyl halides is 3. The second-order valence-corrected chi connectivity index (χ2v) is 6.95. The maximum absolute atomic E-state index is 12.7. The molecule has 0 bridgehead atoms. The molecule has 0 aliphatic carbocycles. The molecule has 1 amide bonds. The van der Waals surface area contributed by atoms with Crippen LogP contribution in [0, 0.1) is 6.92 Å². The van der Waals surface area contributed by atoms with Crippen molar-refractivity contribution in [2.75, 3.05) is 25.5 Å². The van der Waals surface area contributed by atoms with Crippen molar-refractivity contribution >= 4 is 11.7 Å². The van der Waals surface area contributed by atoms with Crippen LogP contribution < -0.4 is 4.90 Å². The number of fused-ring (bicyclic) bond motifs is 1. The number of aryl methyl sites for hydroxylation is 1. The van der Waals surface area contributed by atoms with Crippen molar-refractivity contribution in [1.82, 2.24) is 14.9 Å². The highest BCUT2D eigenvalue weighted by molar-refractivity contribution is 5.82. The molecule has 0 saturated carbocycles. The maximum atomic E-state index is 12.7. The van der Waals surface area contributed by atoms with E-state index in [2.05, 4.69) is 9.97 Å². The van der Waals surface area contributed by atoms with Gasteiger partial charge in [-0.15, -0.1) is 0 Å². The summed E-state index contributed by atoms with van der Waals surface area (Å²) in [6, 6.07) is 3.97. The summed E-state index contributed by atoms with van der Waals surface area (Å²) >= 11 is 0. The Bertz CT molecular complexity index is 882. The highest BCUT2D eigenvalue weighted by atomic mass is 19.4. The van der Waals surface area contributed by atoms with Gasteiger partial charge < -0.3 is 14.9 Å². The summed E-state index contributed by atoms with van der Waals surface area (Å²) < 4.78 is 38.0. The Balaban J connectivity index is 1.79. The van der Waals surface area contributed by atoms with Gasteiger partial charge in [0.05, 0.1) is 17.8 Å². The molecule has 6 nitrogen and oxygen atoms in total. The van der Waals surface area contributed by atoms with E-state index in [0.29, 0.717) is 18.8 Å². The highest BCUT2D eigenvalue weighted by Crippen LogP contribution is 2.31. The number of hydrogen-bond acceptors (Lipinski definition) is 5. The van der Waals surface area contributed by atoms with E-state index in [1.54, 1.807) is 6.92 Å². The standard InChI is InChI=1S/C19H21F3N4O2/c1-11-23-15-10-26(9-8-14(15)17(24-11)25(2)3)18(28)16(27)12-4-6-13(7-5-12)19(20,21)22/h4-7,16,27H,8-10H2,1-3H3/t16-/m1/s1. The molecule has 0 spiro atoms. The lowest BCUT2D eigenvalue weighted by atomic mass is 10.0. The van der Waals surface area contributed by atoms with Crippen molar-refractivity contribution in [3.05, 3.63) is 52.5 Å². The zero-order valence-electron chi connectivity index (χ0n) is 15.8. The Labute approximate surface area is 160 Å². The molecule has 1 N–H and O–H groups in total. The number of nitrogens with zero attached hydrogens (tertiary/aromatic N) is 4. The number of carbonyl (C=O) groups excluding carboxylic acids is 1. The largest absolute Gasteiger partial charge is 0.416 e. The Morgan fingerprint density at radius 1 is 1.21 bits per heavy atom. The minimum atomic E-state index is -4.47. The molecule has 1 aromatic heterocycles. The number of anilines is 1. The van der Waals surface area contributed by atoms with E-state index in [1.165, 1.54) is 4.90 Å². The topological polar surface area (TPSA) is 69.6 Å². The van der Waals surface area contributed by atoms with Crippen LogP contribution >= 0.6 is 0 Å². The molecule has 0 saturated heterocycles. The number of aliphatic hydroxyl groups excluding tert-OH is 1. The number of carbonyl (C=O) groups is 1. The molecule has 0 fully saturated rings. The van der Waals surface area contributed by atoms with Crippen molar-refractivity contribution in [3.63, 3.8) is 0 Å². The third-order valence-electron chi connectivity index (χ3n) is 4.68. The van der Waals surface area contributed by atoms with Crippen molar-refractivity contribution in [2.45, 2.75) is 32.2 Å². The van der Waals surface area contributed by atoms with Gasteiger partial charge in [-0.3, -0.25) is 4.79 Å². The molecular weight excluding hydrogens is 373 g/mol. The number of rotatable bonds is 3. The first-order valence-electron chi connectivity index (χ1n) is 8.75. The number of amides is 1. The molecule has 150 valence electrons. The molecule has 2 aromatic rings. The van der Waals surface area contributed by atoms with E-state index in [1.807, 2.05) is 19.0 Å². The highest BCUT2D eigenvalue weighted by Gasteiger charge is 2.32. The van der Waals surface area contributed by atoms with Crippen LogP contribution in [0.1, 0.15) is 34.3 Å². The molecule has 1 atom stereocenters. The number of halogens is 3. The smallest absolute Gasteiger partial charge is 0.378 e. The number of aromatic nitrogens is 2. The molecule has 2 heterocycles. The third kappa shape index (κ3) is 3.94. The van der Waals surface area contributed by atoms with Crippen LogP contribution in [0.5, 0.6) is 0 Å². The predicted molar refractivity (Wildman–Crippen MR) is 96.6 cm³/mol. The molecule has 1 aromatic carbocycles. The molecule has 0 unspecified atom stereocenters. The van der Waals surface area contributed by atoms with Crippen LogP contribution in [-0.4, -0.2) is 46.5 Å². The summed E-state index contributed by atoms with van der Waals surface area (Å²) in [6.45, 7) is 2.36. The molecule has 0 radical (unpaired) electrons. The summed E-state index contributed by atoms with van der Waals surface area (Å²) in [7, 11) is 3.77. The summed E-state index contributed by atoms with van der Waals surface area (Å²) in [4.78, 5) is 24.9. The Kier molecular flexibility index (Phi) is 5.29. The van der Waals surface area contributed by atoms with Gasteiger partial charge >= 0.3 is 6.18 Å². The third-order valence-corrected chi connectivity index (χ3v) is 4.68. The Morgan fingerprint density at radius 2 is 1.86 bits per heavy atom. The van der Waals surface area contributed by atoms with Gasteiger partial charge in [0.15, 0.2) is 6.10 Å². The van der Waals surface area contributed by atoms with Gasteiger partial charge in [-0.2, -0.15) is 13.2 Å². The second kappa shape index (κ2) is 7.38. The summed E-state index contributed by atoms with van der Waals surface area (Å²) in [5.74, 6) is 0.825. The Morgan fingerprint density at radius 3 is 2.43 bits per heavy atom. The van der Waals surface area contributed by atoms with Gasteiger partial charge in [-0.05, 0) is 31.0 Å². The zero-order chi connectivity index (χ0) is 20.6. The summed E-state index contributed by atoms with van der Waals surface area (Å²) in [5.41, 5.74) is 0.974. The second-order valence-electron chi connectivity index (χ2n) is 6.95. The van der Waals surface area contributed by atoms with Gasteiger partial charge in [-0.1, -0.05) is 12.1 Å². The van der Waals surface area contributed by atoms with Crippen LogP contribution in [0.3, 0.4) is 0 Å². The summed E-state index contributed by atoms with van der Waals surface area (Å²) in [6.07, 6.45) is -5.46. The fourth-order valence-corrected chi connectivity index (χ4v) is 3.26. The number of hydrogen-bond donors (Lipinski definition) is 1. The normalized spacial score (nSPS) is 15.2. The first kappa shape index (κ1) is 20.1. The lowest BCUT2D eigenvalue weighted by Crippen LogP contribution is -2.40. The van der Waals surface area contributed by atoms with E-state index in [0.717, 1.165) is 41.3 Å². The molecule has 28 heavy (non-hydrogen) atoms.